The van der Waals surface area contributed by atoms with E-state index in [-0.39, 0.29) is 11.8 Å². The van der Waals surface area contributed by atoms with Crippen LogP contribution in [0.25, 0.3) is 0 Å². The Kier molecular flexibility index (Phi) is 3.14. The van der Waals surface area contributed by atoms with Crippen LogP contribution in [-0.2, 0) is 10.2 Å². The lowest BCUT2D eigenvalue weighted by molar-refractivity contribution is -0.139. The highest BCUT2D eigenvalue weighted by molar-refractivity contribution is 5.67. The summed E-state index contributed by atoms with van der Waals surface area (Å²) in [6.45, 7) is 5.91. The molecule has 0 aromatic carbocycles. The summed E-state index contributed by atoms with van der Waals surface area (Å²) < 4.78 is 0. The zero-order valence-electron chi connectivity index (χ0n) is 9.11. The predicted molar refractivity (Wildman–Crippen MR) is 54.5 cm³/mol. The third-order valence-electron chi connectivity index (χ3n) is 2.15. The highest BCUT2D eigenvalue weighted by atomic mass is 16.4. The van der Waals surface area contributed by atoms with Crippen molar-refractivity contribution in [1.29, 1.82) is 0 Å². The van der Waals surface area contributed by atoms with Crippen LogP contribution < -0.4 is 0 Å². The molecule has 1 heterocycles. The molecule has 1 aromatic heterocycles. The zero-order valence-corrected chi connectivity index (χ0v) is 9.11. The minimum absolute atomic E-state index is 0.189. The zero-order chi connectivity index (χ0) is 11.6. The fourth-order valence-corrected chi connectivity index (χ4v) is 1.42. The van der Waals surface area contributed by atoms with Crippen molar-refractivity contribution >= 4 is 5.97 Å². The molecule has 84 valence electrons. The van der Waals surface area contributed by atoms with Gasteiger partial charge in [-0.05, 0) is 0 Å². The Labute approximate surface area is 88.1 Å². The summed E-state index contributed by atoms with van der Waals surface area (Å²) in [5.41, 5.74) is 1.15. The Balaban J connectivity index is 2.95. The second kappa shape index (κ2) is 4.02. The third kappa shape index (κ3) is 2.79. The summed E-state index contributed by atoms with van der Waals surface area (Å²) in [4.78, 5) is 10.5. The normalized spacial score (nSPS) is 13.9. The standard InChI is InChI=1S/C10H16N2O3/c1-10(2,3)9-6(5-11-12-9)7(13)4-8(14)15/h5,7,13H,4H2,1-3H3,(H,11,12)(H,14,15)/t7-/m0/s1. The molecule has 1 atom stereocenters. The van der Waals surface area contributed by atoms with Crippen LogP contribution in [0.4, 0.5) is 0 Å². The van der Waals surface area contributed by atoms with E-state index in [0.29, 0.717) is 5.56 Å². The summed E-state index contributed by atoms with van der Waals surface area (Å²) in [7, 11) is 0. The first-order chi connectivity index (χ1) is 6.82. The van der Waals surface area contributed by atoms with Crippen LogP contribution in [0, 0.1) is 0 Å². The number of nitrogens with zero attached hydrogens (tertiary/aromatic N) is 1. The first-order valence-corrected chi connectivity index (χ1v) is 4.76. The van der Waals surface area contributed by atoms with Crippen LogP contribution in [0.5, 0.6) is 0 Å². The molecular weight excluding hydrogens is 196 g/mol. The van der Waals surface area contributed by atoms with Gasteiger partial charge in [-0.2, -0.15) is 5.10 Å². The number of hydrogen-bond donors (Lipinski definition) is 3. The van der Waals surface area contributed by atoms with Crippen molar-refractivity contribution in [3.63, 3.8) is 0 Å². The van der Waals surface area contributed by atoms with Gasteiger partial charge in [0.25, 0.3) is 0 Å². The largest absolute Gasteiger partial charge is 0.481 e. The number of H-pyrrole nitrogens is 1. The molecule has 0 radical (unpaired) electrons. The second-order valence-corrected chi connectivity index (χ2v) is 4.56. The molecule has 0 fully saturated rings. The fourth-order valence-electron chi connectivity index (χ4n) is 1.42. The predicted octanol–water partition coefficient (Wildman–Crippen LogP) is 1.22. The molecule has 0 amide bonds. The summed E-state index contributed by atoms with van der Waals surface area (Å²) in [5, 5.41) is 24.9. The van der Waals surface area contributed by atoms with Crippen molar-refractivity contribution < 1.29 is 15.0 Å². The summed E-state index contributed by atoms with van der Waals surface area (Å²) in [6, 6.07) is 0. The van der Waals surface area contributed by atoms with Gasteiger partial charge in [-0.3, -0.25) is 9.89 Å². The Morgan fingerprint density at radius 2 is 2.20 bits per heavy atom. The molecule has 5 nitrogen and oxygen atoms in total. The summed E-state index contributed by atoms with van der Waals surface area (Å²) in [5.74, 6) is -1.02. The van der Waals surface area contributed by atoms with Crippen LogP contribution in [0.2, 0.25) is 0 Å². The van der Waals surface area contributed by atoms with Gasteiger partial charge in [0.2, 0.25) is 0 Å². The Bertz CT molecular complexity index is 352. The van der Waals surface area contributed by atoms with Gasteiger partial charge < -0.3 is 10.2 Å². The van der Waals surface area contributed by atoms with Crippen molar-refractivity contribution in [3.05, 3.63) is 17.5 Å². The number of hydrogen-bond acceptors (Lipinski definition) is 3. The molecule has 0 aliphatic heterocycles. The van der Waals surface area contributed by atoms with Gasteiger partial charge in [0, 0.05) is 16.7 Å². The van der Waals surface area contributed by atoms with E-state index in [4.69, 9.17) is 5.11 Å². The molecule has 1 rings (SSSR count). The number of aromatic amines is 1. The van der Waals surface area contributed by atoms with E-state index in [0.717, 1.165) is 5.69 Å². The van der Waals surface area contributed by atoms with Gasteiger partial charge in [-0.1, -0.05) is 20.8 Å². The van der Waals surface area contributed by atoms with Crippen LogP contribution in [0.15, 0.2) is 6.20 Å². The molecule has 0 saturated heterocycles. The van der Waals surface area contributed by atoms with Crippen LogP contribution in [-0.4, -0.2) is 26.4 Å². The lowest BCUT2D eigenvalue weighted by atomic mass is 9.87. The number of rotatable bonds is 3. The number of carboxylic acid groups (broad SMARTS) is 1. The first kappa shape index (κ1) is 11.7. The molecule has 5 heteroatoms. The summed E-state index contributed by atoms with van der Waals surface area (Å²) >= 11 is 0. The number of nitrogens with one attached hydrogen (secondary N) is 1. The van der Waals surface area contributed by atoms with E-state index < -0.39 is 12.1 Å². The number of aliphatic hydroxyl groups is 1. The van der Waals surface area contributed by atoms with Gasteiger partial charge in [0.05, 0.1) is 18.7 Å². The van der Waals surface area contributed by atoms with E-state index in [1.165, 1.54) is 6.20 Å². The van der Waals surface area contributed by atoms with Gasteiger partial charge in [-0.25, -0.2) is 0 Å². The molecule has 0 saturated carbocycles. The second-order valence-electron chi connectivity index (χ2n) is 4.56. The highest BCUT2D eigenvalue weighted by Gasteiger charge is 2.25. The molecule has 0 unspecified atom stereocenters. The Hall–Kier alpha value is -1.36. The van der Waals surface area contributed by atoms with Gasteiger partial charge in [-0.15, -0.1) is 0 Å². The molecule has 0 aliphatic carbocycles. The summed E-state index contributed by atoms with van der Waals surface area (Å²) in [6.07, 6.45) is 0.173. The number of aliphatic carboxylic acids is 1. The molecule has 0 aliphatic rings. The number of carboxylic acids is 1. The molecule has 0 spiro atoms. The van der Waals surface area contributed by atoms with Crippen molar-refractivity contribution in [1.82, 2.24) is 10.2 Å². The average Bonchev–Trinajstić information content (AvgIpc) is 2.48. The first-order valence-electron chi connectivity index (χ1n) is 4.76. The topological polar surface area (TPSA) is 86.2 Å². The third-order valence-corrected chi connectivity index (χ3v) is 2.15. The van der Waals surface area contributed by atoms with E-state index in [9.17, 15) is 9.90 Å². The Morgan fingerprint density at radius 1 is 1.60 bits per heavy atom. The molecule has 15 heavy (non-hydrogen) atoms. The van der Waals surface area contributed by atoms with Crippen molar-refractivity contribution in [2.45, 2.75) is 38.7 Å². The minimum atomic E-state index is -1.02. The lowest BCUT2D eigenvalue weighted by Crippen LogP contribution is -2.17. The SMILES string of the molecule is CC(C)(C)c1[nH]ncc1[C@@H](O)CC(=O)O. The van der Waals surface area contributed by atoms with Gasteiger partial charge in [0.1, 0.15) is 0 Å². The molecule has 1 aromatic rings. The van der Waals surface area contributed by atoms with Crippen LogP contribution in [0.1, 0.15) is 44.6 Å². The maximum absolute atomic E-state index is 10.5. The van der Waals surface area contributed by atoms with Gasteiger partial charge >= 0.3 is 5.97 Å². The van der Waals surface area contributed by atoms with Crippen molar-refractivity contribution in [2.75, 3.05) is 0 Å². The maximum Gasteiger partial charge on any atom is 0.306 e. The highest BCUT2D eigenvalue weighted by Crippen LogP contribution is 2.28. The van der Waals surface area contributed by atoms with E-state index in [1.807, 2.05) is 20.8 Å². The monoisotopic (exact) mass is 212 g/mol. The fraction of sp³-hybridized carbons (Fsp3) is 0.600. The van der Waals surface area contributed by atoms with E-state index in [1.54, 1.807) is 0 Å². The van der Waals surface area contributed by atoms with Crippen molar-refractivity contribution in [2.24, 2.45) is 0 Å². The molecular formula is C10H16N2O3. The average molecular weight is 212 g/mol. The maximum atomic E-state index is 10.5. The van der Waals surface area contributed by atoms with Crippen LogP contribution >= 0.6 is 0 Å². The minimum Gasteiger partial charge on any atom is -0.481 e. The van der Waals surface area contributed by atoms with Gasteiger partial charge in [0.15, 0.2) is 0 Å². The Morgan fingerprint density at radius 3 is 2.67 bits per heavy atom. The van der Waals surface area contributed by atoms with Crippen molar-refractivity contribution in [3.8, 4) is 0 Å². The molecule has 3 N–H and O–H groups in total. The quantitative estimate of drug-likeness (QED) is 0.703. The van der Waals surface area contributed by atoms with E-state index in [2.05, 4.69) is 10.2 Å². The smallest absolute Gasteiger partial charge is 0.306 e. The number of carbonyl (C=O) groups is 1. The number of aliphatic hydroxyl groups excluding tert-OH is 1. The van der Waals surface area contributed by atoms with Crippen LogP contribution in [0.3, 0.4) is 0 Å². The lowest BCUT2D eigenvalue weighted by Gasteiger charge is -2.20. The number of aromatic nitrogens is 2. The molecule has 0 bridgehead atoms. The van der Waals surface area contributed by atoms with E-state index >= 15 is 0 Å².